The second-order valence-corrected chi connectivity index (χ2v) is 3.23. The van der Waals surface area contributed by atoms with Crippen LogP contribution in [0.25, 0.3) is 0 Å². The third-order valence-corrected chi connectivity index (χ3v) is 2.34. The van der Waals surface area contributed by atoms with Crippen molar-refractivity contribution < 1.29 is 4.39 Å². The molecule has 0 aromatic heterocycles. The Bertz CT molecular complexity index is 237. The third kappa shape index (κ3) is 1.39. The molecule has 0 aliphatic carbocycles. The Hall–Kier alpha value is -0.320. The van der Waals surface area contributed by atoms with Gasteiger partial charge in [0.05, 0.1) is 3.57 Å². The van der Waals surface area contributed by atoms with Gasteiger partial charge in [-0.15, -0.1) is 0 Å². The highest BCUT2D eigenvalue weighted by atomic mass is 127. The van der Waals surface area contributed by atoms with E-state index in [1.54, 1.807) is 6.07 Å². The summed E-state index contributed by atoms with van der Waals surface area (Å²) < 4.78 is 13.3. The molecule has 1 rings (SSSR count). The molecule has 3 heteroatoms. The summed E-state index contributed by atoms with van der Waals surface area (Å²) in [5, 5.41) is 0. The number of rotatable bonds is 0. The van der Waals surface area contributed by atoms with E-state index in [0.717, 1.165) is 5.56 Å². The monoisotopic (exact) mass is 251 g/mol. The summed E-state index contributed by atoms with van der Waals surface area (Å²) in [5.41, 5.74) is 6.84. The van der Waals surface area contributed by atoms with Gasteiger partial charge in [-0.05, 0) is 47.2 Å². The number of benzene rings is 1. The molecule has 0 fully saturated rings. The summed E-state index contributed by atoms with van der Waals surface area (Å²) in [7, 11) is 0. The second kappa shape index (κ2) is 2.74. The Morgan fingerprint density at radius 2 is 2.10 bits per heavy atom. The van der Waals surface area contributed by atoms with Gasteiger partial charge in [0, 0.05) is 5.69 Å². The van der Waals surface area contributed by atoms with Gasteiger partial charge in [0.2, 0.25) is 0 Å². The molecule has 1 aromatic carbocycles. The lowest BCUT2D eigenvalue weighted by Gasteiger charge is -2.00. The zero-order valence-electron chi connectivity index (χ0n) is 5.49. The summed E-state index contributed by atoms with van der Waals surface area (Å²) in [6, 6.07) is 3.23. The maximum absolute atomic E-state index is 12.8. The number of nitrogens with two attached hydrogens (primary N) is 1. The van der Waals surface area contributed by atoms with Crippen LogP contribution in [0.5, 0.6) is 0 Å². The van der Waals surface area contributed by atoms with Crippen LogP contribution in [0.1, 0.15) is 5.56 Å². The van der Waals surface area contributed by atoms with E-state index >= 15 is 0 Å². The molecule has 1 nitrogen and oxygen atoms in total. The molecule has 0 atom stereocenters. The first-order chi connectivity index (χ1) is 4.61. The largest absolute Gasteiger partial charge is 0.398 e. The van der Waals surface area contributed by atoms with Crippen molar-refractivity contribution in [2.24, 2.45) is 0 Å². The minimum absolute atomic E-state index is 0.238. The molecule has 0 bridgehead atoms. The summed E-state index contributed by atoms with van der Waals surface area (Å²) in [5.74, 6) is -0.238. The highest BCUT2D eigenvalue weighted by Crippen LogP contribution is 2.19. The van der Waals surface area contributed by atoms with Crippen LogP contribution in [0, 0.1) is 16.3 Å². The van der Waals surface area contributed by atoms with Crippen LogP contribution >= 0.6 is 22.6 Å². The van der Waals surface area contributed by atoms with E-state index < -0.39 is 0 Å². The summed E-state index contributed by atoms with van der Waals surface area (Å²) in [6.07, 6.45) is 0. The molecule has 0 amide bonds. The van der Waals surface area contributed by atoms with Gasteiger partial charge in [-0.3, -0.25) is 0 Å². The van der Waals surface area contributed by atoms with Crippen LogP contribution in [0.3, 0.4) is 0 Å². The molecule has 2 N–H and O–H groups in total. The Kier molecular flexibility index (Phi) is 2.13. The predicted molar refractivity (Wildman–Crippen MR) is 48.3 cm³/mol. The minimum Gasteiger partial charge on any atom is -0.398 e. The predicted octanol–water partition coefficient (Wildman–Crippen LogP) is 2.32. The van der Waals surface area contributed by atoms with Crippen molar-refractivity contribution in [1.82, 2.24) is 0 Å². The van der Waals surface area contributed by atoms with E-state index in [4.69, 9.17) is 5.73 Å². The standard InChI is InChI=1S/C7H7FIN/c1-4-2-5(8)7(9)6(10)3-4/h2-3H,10H2,1H3. The van der Waals surface area contributed by atoms with Gasteiger partial charge in [0.1, 0.15) is 5.82 Å². The fraction of sp³-hybridized carbons (Fsp3) is 0.143. The van der Waals surface area contributed by atoms with E-state index in [1.165, 1.54) is 6.07 Å². The van der Waals surface area contributed by atoms with Gasteiger partial charge >= 0.3 is 0 Å². The first-order valence-corrected chi connectivity index (χ1v) is 3.90. The van der Waals surface area contributed by atoms with Crippen molar-refractivity contribution in [2.45, 2.75) is 6.92 Å². The van der Waals surface area contributed by atoms with Gasteiger partial charge < -0.3 is 5.73 Å². The number of hydrogen-bond donors (Lipinski definition) is 1. The lowest BCUT2D eigenvalue weighted by molar-refractivity contribution is 0.620. The molecule has 54 valence electrons. The van der Waals surface area contributed by atoms with Gasteiger partial charge in [-0.25, -0.2) is 4.39 Å². The third-order valence-electron chi connectivity index (χ3n) is 1.20. The van der Waals surface area contributed by atoms with Crippen molar-refractivity contribution in [1.29, 1.82) is 0 Å². The fourth-order valence-electron chi connectivity index (χ4n) is 0.751. The average molecular weight is 251 g/mol. The molecular weight excluding hydrogens is 244 g/mol. The molecule has 0 aliphatic heterocycles. The van der Waals surface area contributed by atoms with Crippen molar-refractivity contribution in [3.8, 4) is 0 Å². The number of halogens is 2. The maximum atomic E-state index is 12.8. The van der Waals surface area contributed by atoms with Crippen LogP contribution in [0.2, 0.25) is 0 Å². The van der Waals surface area contributed by atoms with E-state index in [0.29, 0.717) is 9.26 Å². The smallest absolute Gasteiger partial charge is 0.138 e. The molecule has 0 saturated carbocycles. The molecule has 1 aromatic rings. The van der Waals surface area contributed by atoms with Crippen LogP contribution in [0.15, 0.2) is 12.1 Å². The summed E-state index contributed by atoms with van der Waals surface area (Å²) >= 11 is 1.89. The van der Waals surface area contributed by atoms with Crippen LogP contribution in [-0.4, -0.2) is 0 Å². The van der Waals surface area contributed by atoms with Crippen molar-refractivity contribution in [2.75, 3.05) is 5.73 Å². The van der Waals surface area contributed by atoms with Crippen molar-refractivity contribution in [3.05, 3.63) is 27.1 Å². The normalized spacial score (nSPS) is 9.90. The number of aryl methyl sites for hydroxylation is 1. The lowest BCUT2D eigenvalue weighted by Crippen LogP contribution is -1.93. The van der Waals surface area contributed by atoms with E-state index in [2.05, 4.69) is 0 Å². The van der Waals surface area contributed by atoms with E-state index in [-0.39, 0.29) is 5.82 Å². The van der Waals surface area contributed by atoms with E-state index in [1.807, 2.05) is 29.5 Å². The van der Waals surface area contributed by atoms with Gasteiger partial charge in [0.15, 0.2) is 0 Å². The molecular formula is C7H7FIN. The zero-order valence-corrected chi connectivity index (χ0v) is 7.65. The second-order valence-electron chi connectivity index (χ2n) is 2.15. The molecule has 0 unspecified atom stereocenters. The van der Waals surface area contributed by atoms with Gasteiger partial charge in [0.25, 0.3) is 0 Å². The fourth-order valence-corrected chi connectivity index (χ4v) is 1.06. The Morgan fingerprint density at radius 3 is 2.60 bits per heavy atom. The molecule has 0 spiro atoms. The Morgan fingerprint density at radius 1 is 1.50 bits per heavy atom. The first-order valence-electron chi connectivity index (χ1n) is 2.82. The number of nitrogen functional groups attached to an aromatic ring is 1. The average Bonchev–Trinajstić information content (AvgIpc) is 1.82. The first kappa shape index (κ1) is 7.78. The molecule has 0 saturated heterocycles. The molecule has 0 aliphatic rings. The topological polar surface area (TPSA) is 26.0 Å². The lowest BCUT2D eigenvalue weighted by atomic mass is 10.2. The minimum atomic E-state index is -0.238. The van der Waals surface area contributed by atoms with Crippen LogP contribution in [-0.2, 0) is 0 Å². The van der Waals surface area contributed by atoms with Gasteiger partial charge in [-0.2, -0.15) is 0 Å². The Labute approximate surface area is 72.6 Å². The van der Waals surface area contributed by atoms with Crippen LogP contribution in [0.4, 0.5) is 10.1 Å². The maximum Gasteiger partial charge on any atom is 0.138 e. The van der Waals surface area contributed by atoms with E-state index in [9.17, 15) is 4.39 Å². The molecule has 10 heavy (non-hydrogen) atoms. The highest BCUT2D eigenvalue weighted by Gasteiger charge is 2.02. The quantitative estimate of drug-likeness (QED) is 0.555. The summed E-state index contributed by atoms with van der Waals surface area (Å²) in [6.45, 7) is 1.82. The molecule has 0 heterocycles. The summed E-state index contributed by atoms with van der Waals surface area (Å²) in [4.78, 5) is 0. The number of anilines is 1. The zero-order chi connectivity index (χ0) is 7.72. The number of hydrogen-bond acceptors (Lipinski definition) is 1. The molecule has 0 radical (unpaired) electrons. The van der Waals surface area contributed by atoms with Crippen molar-refractivity contribution >= 4 is 28.3 Å². The SMILES string of the molecule is Cc1cc(N)c(I)c(F)c1. The van der Waals surface area contributed by atoms with Crippen molar-refractivity contribution in [3.63, 3.8) is 0 Å². The van der Waals surface area contributed by atoms with Crippen LogP contribution < -0.4 is 5.73 Å². The van der Waals surface area contributed by atoms with Gasteiger partial charge in [-0.1, -0.05) is 0 Å². The highest BCUT2D eigenvalue weighted by molar-refractivity contribution is 14.1. The Balaban J connectivity index is 3.31.